The second kappa shape index (κ2) is 19.2. The molecule has 0 atom stereocenters. The van der Waals surface area contributed by atoms with Crippen LogP contribution in [0.2, 0.25) is 0 Å². The smallest absolute Gasteiger partial charge is 0.0227 e. The van der Waals surface area contributed by atoms with Crippen molar-refractivity contribution in [2.24, 2.45) is 29.1 Å². The summed E-state index contributed by atoms with van der Waals surface area (Å²) < 4.78 is 0. The molecule has 2 fully saturated rings. The van der Waals surface area contributed by atoms with E-state index in [4.69, 9.17) is 0 Å². The van der Waals surface area contributed by atoms with Crippen molar-refractivity contribution in [2.45, 2.75) is 146 Å². The molecular weight excluding hydrogens is 388 g/mol. The quantitative estimate of drug-likeness (QED) is 0.442. The average Bonchev–Trinajstić information content (AvgIpc) is 3.12. The van der Waals surface area contributed by atoms with Crippen LogP contribution in [-0.4, -0.2) is 25.2 Å². The molecule has 0 aromatic heterocycles. The molecule has 32 heavy (non-hydrogen) atoms. The van der Waals surface area contributed by atoms with Gasteiger partial charge in [-0.1, -0.05) is 115 Å². The third-order valence-corrected chi connectivity index (χ3v) is 7.78. The van der Waals surface area contributed by atoms with E-state index in [9.17, 15) is 0 Å². The third kappa shape index (κ3) is 11.9. The highest BCUT2D eigenvalue weighted by Gasteiger charge is 2.37. The minimum atomic E-state index is 0.413. The standard InChI is InChI=1S/2C12H25N.2C3H8/c1-10(2)12(11(3)4)7-5-6-8-13-9-12;1-10(2)12(11(3)4)8-6-5-7-9-13-12;2*1-3-2/h2*10-11,13H,5-9H2,1-4H3;2*3H2,1-2H3. The molecule has 0 spiro atoms. The minimum absolute atomic E-state index is 0.413. The molecule has 2 aliphatic rings. The lowest BCUT2D eigenvalue weighted by molar-refractivity contribution is 0.103. The maximum Gasteiger partial charge on any atom is 0.0227 e. The fourth-order valence-electron chi connectivity index (χ4n) is 5.55. The van der Waals surface area contributed by atoms with Crippen molar-refractivity contribution < 1.29 is 0 Å². The second-order valence-corrected chi connectivity index (χ2v) is 11.7. The molecule has 0 aromatic rings. The molecule has 0 aliphatic carbocycles. The summed E-state index contributed by atoms with van der Waals surface area (Å²) in [4.78, 5) is 0. The van der Waals surface area contributed by atoms with Gasteiger partial charge in [-0.05, 0) is 67.9 Å². The Morgan fingerprint density at radius 3 is 1.44 bits per heavy atom. The van der Waals surface area contributed by atoms with Crippen molar-refractivity contribution >= 4 is 0 Å². The number of nitrogens with one attached hydrogen (secondary N) is 2. The van der Waals surface area contributed by atoms with Crippen LogP contribution in [0.15, 0.2) is 0 Å². The Morgan fingerprint density at radius 2 is 1.00 bits per heavy atom. The first-order valence-corrected chi connectivity index (χ1v) is 14.5. The Kier molecular flexibility index (Phi) is 20.5. The van der Waals surface area contributed by atoms with E-state index in [-0.39, 0.29) is 0 Å². The van der Waals surface area contributed by atoms with Crippen LogP contribution in [0.5, 0.6) is 0 Å². The molecule has 2 N–H and O–H groups in total. The average molecular weight is 455 g/mol. The topological polar surface area (TPSA) is 24.1 Å². The van der Waals surface area contributed by atoms with Gasteiger partial charge in [-0.2, -0.15) is 0 Å². The van der Waals surface area contributed by atoms with Crippen LogP contribution in [-0.2, 0) is 0 Å². The normalized spacial score (nSPS) is 20.2. The van der Waals surface area contributed by atoms with Gasteiger partial charge in [0.05, 0.1) is 0 Å². The molecule has 2 heteroatoms. The summed E-state index contributed by atoms with van der Waals surface area (Å²) in [5, 5.41) is 7.39. The van der Waals surface area contributed by atoms with E-state index in [1.807, 2.05) is 0 Å². The Morgan fingerprint density at radius 1 is 0.562 bits per heavy atom. The SMILES string of the molecule is CC(C)C1(C(C)C)CCCCCN1.CC(C)C1(C(C)C)CCCCNC1.CCC.CCC. The van der Waals surface area contributed by atoms with Crippen molar-refractivity contribution in [3.05, 3.63) is 0 Å². The molecule has 196 valence electrons. The first-order valence-electron chi connectivity index (χ1n) is 14.5. The number of rotatable bonds is 4. The highest BCUT2D eigenvalue weighted by molar-refractivity contribution is 4.95. The Hall–Kier alpha value is -0.0800. The van der Waals surface area contributed by atoms with Gasteiger partial charge < -0.3 is 10.6 Å². The molecular formula is C30H66N2. The fourth-order valence-corrected chi connectivity index (χ4v) is 5.55. The molecule has 2 saturated heterocycles. The lowest BCUT2D eigenvalue weighted by atomic mass is 9.66. The van der Waals surface area contributed by atoms with Gasteiger partial charge in [-0.15, -0.1) is 0 Å². The summed E-state index contributed by atoms with van der Waals surface area (Å²) in [6, 6.07) is 0. The van der Waals surface area contributed by atoms with Crippen molar-refractivity contribution in [3.8, 4) is 0 Å². The Labute approximate surface area is 205 Å². The van der Waals surface area contributed by atoms with Crippen molar-refractivity contribution in [3.63, 3.8) is 0 Å². The fraction of sp³-hybridized carbons (Fsp3) is 1.00. The highest BCUT2D eigenvalue weighted by atomic mass is 15.0. The summed E-state index contributed by atoms with van der Waals surface area (Å²) in [5.41, 5.74) is 0.965. The predicted octanol–water partition coefficient (Wildman–Crippen LogP) is 9.09. The third-order valence-electron chi connectivity index (χ3n) is 7.78. The van der Waals surface area contributed by atoms with Crippen LogP contribution in [0.3, 0.4) is 0 Å². The van der Waals surface area contributed by atoms with E-state index in [0.29, 0.717) is 11.0 Å². The molecule has 0 radical (unpaired) electrons. The summed E-state index contributed by atoms with van der Waals surface area (Å²) in [5.74, 6) is 3.12. The van der Waals surface area contributed by atoms with Crippen LogP contribution in [0.1, 0.15) is 141 Å². The highest BCUT2D eigenvalue weighted by Crippen LogP contribution is 2.41. The Balaban J connectivity index is 0. The molecule has 0 unspecified atom stereocenters. The lowest BCUT2D eigenvalue weighted by Gasteiger charge is -2.42. The zero-order valence-corrected chi connectivity index (χ0v) is 24.8. The monoisotopic (exact) mass is 455 g/mol. The molecule has 2 rings (SSSR count). The van der Waals surface area contributed by atoms with Crippen molar-refractivity contribution in [1.29, 1.82) is 0 Å². The summed E-state index contributed by atoms with van der Waals surface area (Å²) in [7, 11) is 0. The van der Waals surface area contributed by atoms with Crippen molar-refractivity contribution in [2.75, 3.05) is 19.6 Å². The lowest BCUT2D eigenvalue weighted by Crippen LogP contribution is -2.53. The summed E-state index contributed by atoms with van der Waals surface area (Å²) in [6.07, 6.45) is 12.2. The zero-order valence-electron chi connectivity index (χ0n) is 24.8. The van der Waals surface area contributed by atoms with E-state index in [2.05, 4.69) is 93.7 Å². The van der Waals surface area contributed by atoms with Gasteiger partial charge in [0.15, 0.2) is 0 Å². The van der Waals surface area contributed by atoms with Gasteiger partial charge in [0.1, 0.15) is 0 Å². The first kappa shape index (κ1) is 34.1. The number of hydrogen-bond donors (Lipinski definition) is 2. The van der Waals surface area contributed by atoms with Crippen LogP contribution in [0, 0.1) is 29.1 Å². The molecule has 0 amide bonds. The summed E-state index contributed by atoms with van der Waals surface area (Å²) in [6.45, 7) is 31.1. The van der Waals surface area contributed by atoms with E-state index >= 15 is 0 Å². The molecule has 2 aliphatic heterocycles. The molecule has 0 aromatic carbocycles. The molecule has 0 bridgehead atoms. The van der Waals surface area contributed by atoms with Gasteiger partial charge in [0.25, 0.3) is 0 Å². The van der Waals surface area contributed by atoms with Crippen molar-refractivity contribution in [1.82, 2.24) is 10.6 Å². The summed E-state index contributed by atoms with van der Waals surface area (Å²) >= 11 is 0. The van der Waals surface area contributed by atoms with E-state index in [0.717, 1.165) is 23.7 Å². The van der Waals surface area contributed by atoms with Crippen LogP contribution >= 0.6 is 0 Å². The minimum Gasteiger partial charge on any atom is -0.316 e. The van der Waals surface area contributed by atoms with Crippen LogP contribution < -0.4 is 10.6 Å². The van der Waals surface area contributed by atoms with E-state index in [1.165, 1.54) is 77.4 Å². The largest absolute Gasteiger partial charge is 0.316 e. The maximum absolute atomic E-state index is 3.79. The first-order chi connectivity index (χ1) is 15.0. The zero-order chi connectivity index (χ0) is 25.2. The number of hydrogen-bond acceptors (Lipinski definition) is 2. The van der Waals surface area contributed by atoms with Gasteiger partial charge in [-0.3, -0.25) is 0 Å². The molecule has 2 heterocycles. The van der Waals surface area contributed by atoms with Gasteiger partial charge >= 0.3 is 0 Å². The van der Waals surface area contributed by atoms with Gasteiger partial charge in [0.2, 0.25) is 0 Å². The molecule has 0 saturated carbocycles. The van der Waals surface area contributed by atoms with Gasteiger partial charge in [0, 0.05) is 12.1 Å². The Bertz CT molecular complexity index is 324. The van der Waals surface area contributed by atoms with Crippen LogP contribution in [0.25, 0.3) is 0 Å². The van der Waals surface area contributed by atoms with E-state index < -0.39 is 0 Å². The van der Waals surface area contributed by atoms with Crippen LogP contribution in [0.4, 0.5) is 0 Å². The van der Waals surface area contributed by atoms with Gasteiger partial charge in [-0.25, -0.2) is 0 Å². The molecule has 2 nitrogen and oxygen atoms in total. The second-order valence-electron chi connectivity index (χ2n) is 11.7. The predicted molar refractivity (Wildman–Crippen MR) is 150 cm³/mol. The maximum atomic E-state index is 3.79. The van der Waals surface area contributed by atoms with E-state index in [1.54, 1.807) is 0 Å².